The Bertz CT molecular complexity index is 506. The van der Waals surface area contributed by atoms with Crippen LogP contribution >= 0.6 is 38.9 Å². The normalized spacial score (nSPS) is 10.6. The van der Waals surface area contributed by atoms with Gasteiger partial charge in [-0.1, -0.05) is 11.6 Å². The highest BCUT2D eigenvalue weighted by Gasteiger charge is 1.98. The van der Waals surface area contributed by atoms with Crippen molar-refractivity contribution in [1.29, 1.82) is 0 Å². The standard InChI is InChI=1S/C12H12BrClN2OS/c13-9-3-12(18-8-9)7-15-1-2-17-11-4-10(14)5-16-6-11/h3-6,8,15H,1-2,7H2. The van der Waals surface area contributed by atoms with Gasteiger partial charge in [-0.25, -0.2) is 0 Å². The van der Waals surface area contributed by atoms with Gasteiger partial charge in [0.2, 0.25) is 0 Å². The van der Waals surface area contributed by atoms with Crippen LogP contribution in [0.1, 0.15) is 4.88 Å². The molecular formula is C12H12BrClN2OS. The van der Waals surface area contributed by atoms with Gasteiger partial charge in [-0.3, -0.25) is 4.98 Å². The van der Waals surface area contributed by atoms with E-state index in [0.29, 0.717) is 17.4 Å². The van der Waals surface area contributed by atoms with E-state index in [4.69, 9.17) is 16.3 Å². The van der Waals surface area contributed by atoms with Gasteiger partial charge in [0.25, 0.3) is 0 Å². The monoisotopic (exact) mass is 346 g/mol. The Kier molecular flexibility index (Phi) is 5.44. The first-order chi connectivity index (χ1) is 8.74. The molecule has 3 nitrogen and oxygen atoms in total. The van der Waals surface area contributed by atoms with Crippen LogP contribution in [0.15, 0.2) is 34.4 Å². The van der Waals surface area contributed by atoms with Crippen LogP contribution in [0, 0.1) is 0 Å². The van der Waals surface area contributed by atoms with E-state index in [9.17, 15) is 0 Å². The SMILES string of the molecule is Clc1cncc(OCCNCc2cc(Br)cs2)c1. The second kappa shape index (κ2) is 7.09. The van der Waals surface area contributed by atoms with Crippen molar-refractivity contribution in [3.05, 3.63) is 44.3 Å². The molecule has 0 spiro atoms. The van der Waals surface area contributed by atoms with E-state index in [0.717, 1.165) is 17.6 Å². The number of hydrogen-bond donors (Lipinski definition) is 1. The minimum Gasteiger partial charge on any atom is -0.491 e. The average molecular weight is 348 g/mol. The number of pyridine rings is 1. The van der Waals surface area contributed by atoms with Crippen LogP contribution < -0.4 is 10.1 Å². The van der Waals surface area contributed by atoms with Gasteiger partial charge in [0.05, 0.1) is 11.2 Å². The lowest BCUT2D eigenvalue weighted by Gasteiger charge is -2.06. The number of ether oxygens (including phenoxy) is 1. The lowest BCUT2D eigenvalue weighted by Crippen LogP contribution is -2.20. The molecule has 6 heteroatoms. The third-order valence-corrected chi connectivity index (χ3v) is 4.05. The van der Waals surface area contributed by atoms with Crippen molar-refractivity contribution in [1.82, 2.24) is 10.3 Å². The molecule has 0 saturated carbocycles. The predicted octanol–water partition coefficient (Wildman–Crippen LogP) is 3.73. The molecule has 0 atom stereocenters. The molecule has 2 aromatic rings. The molecule has 0 aliphatic rings. The third-order valence-electron chi connectivity index (χ3n) is 2.15. The molecule has 96 valence electrons. The van der Waals surface area contributed by atoms with Crippen LogP contribution in [0.3, 0.4) is 0 Å². The number of aromatic nitrogens is 1. The van der Waals surface area contributed by atoms with Crippen LogP contribution in [-0.4, -0.2) is 18.1 Å². The van der Waals surface area contributed by atoms with Crippen molar-refractivity contribution in [2.45, 2.75) is 6.54 Å². The van der Waals surface area contributed by atoms with Gasteiger partial charge in [-0.05, 0) is 22.0 Å². The summed E-state index contributed by atoms with van der Waals surface area (Å²) in [5.74, 6) is 0.697. The second-order valence-electron chi connectivity index (χ2n) is 3.60. The number of halogens is 2. The maximum Gasteiger partial charge on any atom is 0.139 e. The lowest BCUT2D eigenvalue weighted by molar-refractivity contribution is 0.312. The lowest BCUT2D eigenvalue weighted by atomic mass is 10.4. The highest BCUT2D eigenvalue weighted by atomic mass is 79.9. The number of rotatable bonds is 6. The van der Waals surface area contributed by atoms with Gasteiger partial charge in [0, 0.05) is 40.1 Å². The van der Waals surface area contributed by atoms with Crippen LogP contribution in [-0.2, 0) is 6.54 Å². The fraction of sp³-hybridized carbons (Fsp3) is 0.250. The Balaban J connectivity index is 1.64. The summed E-state index contributed by atoms with van der Waals surface area (Å²) in [5, 5.41) is 5.97. The number of nitrogens with one attached hydrogen (secondary N) is 1. The van der Waals surface area contributed by atoms with Crippen molar-refractivity contribution in [3.8, 4) is 5.75 Å². The molecular weight excluding hydrogens is 336 g/mol. The molecule has 18 heavy (non-hydrogen) atoms. The van der Waals surface area contributed by atoms with Gasteiger partial charge in [0.15, 0.2) is 0 Å². The molecule has 2 aromatic heterocycles. The van der Waals surface area contributed by atoms with E-state index in [1.54, 1.807) is 29.8 Å². The molecule has 0 amide bonds. The molecule has 1 N–H and O–H groups in total. The Morgan fingerprint density at radius 2 is 2.28 bits per heavy atom. The van der Waals surface area contributed by atoms with Gasteiger partial charge < -0.3 is 10.1 Å². The van der Waals surface area contributed by atoms with Crippen LogP contribution in [0.4, 0.5) is 0 Å². The first-order valence-electron chi connectivity index (χ1n) is 5.41. The second-order valence-corrected chi connectivity index (χ2v) is 5.94. The Hall–Kier alpha value is -0.620. The average Bonchev–Trinajstić information content (AvgIpc) is 2.75. The first-order valence-corrected chi connectivity index (χ1v) is 7.46. The minimum atomic E-state index is 0.587. The van der Waals surface area contributed by atoms with E-state index in [2.05, 4.69) is 37.7 Å². The molecule has 0 aliphatic carbocycles. The minimum absolute atomic E-state index is 0.587. The summed E-state index contributed by atoms with van der Waals surface area (Å²) in [7, 11) is 0. The Labute approximate surface area is 123 Å². The molecule has 0 aromatic carbocycles. The third kappa shape index (κ3) is 4.57. The number of nitrogens with zero attached hydrogens (tertiary/aromatic N) is 1. The van der Waals surface area contributed by atoms with Gasteiger partial charge in [0.1, 0.15) is 12.4 Å². The fourth-order valence-electron chi connectivity index (χ4n) is 1.37. The summed E-state index contributed by atoms with van der Waals surface area (Å²) in [4.78, 5) is 5.25. The number of thiophene rings is 1. The van der Waals surface area contributed by atoms with Gasteiger partial charge >= 0.3 is 0 Å². The molecule has 0 saturated heterocycles. The zero-order valence-corrected chi connectivity index (χ0v) is 12.7. The van der Waals surface area contributed by atoms with Gasteiger partial charge in [-0.2, -0.15) is 0 Å². The molecule has 2 heterocycles. The van der Waals surface area contributed by atoms with E-state index >= 15 is 0 Å². The van der Waals surface area contributed by atoms with Crippen LogP contribution in [0.5, 0.6) is 5.75 Å². The van der Waals surface area contributed by atoms with Crippen LogP contribution in [0.2, 0.25) is 5.02 Å². The van der Waals surface area contributed by atoms with Crippen LogP contribution in [0.25, 0.3) is 0 Å². The Morgan fingerprint density at radius 3 is 3.00 bits per heavy atom. The molecule has 0 radical (unpaired) electrons. The summed E-state index contributed by atoms with van der Waals surface area (Å²) in [6.07, 6.45) is 3.24. The molecule has 0 fully saturated rings. The topological polar surface area (TPSA) is 34.1 Å². The van der Waals surface area contributed by atoms with Crippen molar-refractivity contribution in [2.24, 2.45) is 0 Å². The number of hydrogen-bond acceptors (Lipinski definition) is 4. The molecule has 2 rings (SSSR count). The fourth-order valence-corrected chi connectivity index (χ4v) is 2.95. The molecule has 0 aliphatic heterocycles. The summed E-state index contributed by atoms with van der Waals surface area (Å²) in [6, 6.07) is 3.87. The first kappa shape index (κ1) is 13.8. The van der Waals surface area contributed by atoms with Crippen molar-refractivity contribution in [3.63, 3.8) is 0 Å². The molecule has 0 unspecified atom stereocenters. The smallest absolute Gasteiger partial charge is 0.139 e. The van der Waals surface area contributed by atoms with Gasteiger partial charge in [-0.15, -0.1) is 11.3 Å². The van der Waals surface area contributed by atoms with E-state index in [1.165, 1.54) is 4.88 Å². The quantitative estimate of drug-likeness (QED) is 0.809. The zero-order chi connectivity index (χ0) is 12.8. The van der Waals surface area contributed by atoms with Crippen molar-refractivity contribution >= 4 is 38.9 Å². The summed E-state index contributed by atoms with van der Waals surface area (Å²) in [6.45, 7) is 2.23. The largest absolute Gasteiger partial charge is 0.491 e. The summed E-state index contributed by atoms with van der Waals surface area (Å²) < 4.78 is 6.64. The Morgan fingerprint density at radius 1 is 1.39 bits per heavy atom. The maximum absolute atomic E-state index is 5.81. The van der Waals surface area contributed by atoms with E-state index in [1.807, 2.05) is 0 Å². The summed E-state index contributed by atoms with van der Waals surface area (Å²) >= 11 is 11.0. The zero-order valence-electron chi connectivity index (χ0n) is 9.53. The maximum atomic E-state index is 5.81. The van der Waals surface area contributed by atoms with E-state index in [-0.39, 0.29) is 0 Å². The predicted molar refractivity (Wildman–Crippen MR) is 78.5 cm³/mol. The van der Waals surface area contributed by atoms with E-state index < -0.39 is 0 Å². The highest BCUT2D eigenvalue weighted by Crippen LogP contribution is 2.19. The highest BCUT2D eigenvalue weighted by molar-refractivity contribution is 9.10. The van der Waals surface area contributed by atoms with Crippen molar-refractivity contribution in [2.75, 3.05) is 13.2 Å². The molecule has 0 bridgehead atoms. The van der Waals surface area contributed by atoms with Crippen molar-refractivity contribution < 1.29 is 4.74 Å². The summed E-state index contributed by atoms with van der Waals surface area (Å²) in [5.41, 5.74) is 0.